The second kappa shape index (κ2) is 7.33. The summed E-state index contributed by atoms with van der Waals surface area (Å²) >= 11 is 0. The predicted molar refractivity (Wildman–Crippen MR) is 98.1 cm³/mol. The average Bonchev–Trinajstić information content (AvgIpc) is 3.23. The highest BCUT2D eigenvalue weighted by atomic mass is 32.2. The number of hydrogen-bond donors (Lipinski definition) is 0. The van der Waals surface area contributed by atoms with Crippen LogP contribution in [-0.2, 0) is 29.5 Å². The Kier molecular flexibility index (Phi) is 5.34. The Morgan fingerprint density at radius 3 is 2.80 bits per heavy atom. The molecule has 1 unspecified atom stereocenters. The van der Waals surface area contributed by atoms with E-state index in [0.717, 1.165) is 38.2 Å². The number of nitrogens with zero attached hydrogens (tertiary/aromatic N) is 4. The second-order valence-corrected chi connectivity index (χ2v) is 8.89. The Labute approximate surface area is 150 Å². The third-order valence-corrected chi connectivity index (χ3v) is 6.77. The van der Waals surface area contributed by atoms with E-state index in [4.69, 9.17) is 0 Å². The van der Waals surface area contributed by atoms with Crippen LogP contribution in [-0.4, -0.2) is 39.7 Å². The van der Waals surface area contributed by atoms with Crippen molar-refractivity contribution in [2.75, 3.05) is 12.3 Å². The smallest absolute Gasteiger partial charge is 0.227 e. The molecule has 25 heavy (non-hydrogen) atoms. The van der Waals surface area contributed by atoms with Crippen molar-refractivity contribution in [3.05, 3.63) is 35.9 Å². The summed E-state index contributed by atoms with van der Waals surface area (Å²) in [6.07, 6.45) is 5.85. The zero-order valence-electron chi connectivity index (χ0n) is 15.4. The largest absolute Gasteiger partial charge is 0.349 e. The Bertz CT molecular complexity index is 822. The number of hydrogen-bond acceptors (Lipinski definition) is 4. The number of imidazole rings is 1. The van der Waals surface area contributed by atoms with Gasteiger partial charge in [-0.1, -0.05) is 20.3 Å². The summed E-state index contributed by atoms with van der Waals surface area (Å²) < 4.78 is 29.0. The normalized spacial score (nSPS) is 18.4. The van der Waals surface area contributed by atoms with Gasteiger partial charge in [0.15, 0.2) is 0 Å². The first kappa shape index (κ1) is 18.2. The fraction of sp³-hybridized carbons (Fsp3) is 0.611. The zero-order chi connectivity index (χ0) is 18.0. The lowest BCUT2D eigenvalue weighted by molar-refractivity contribution is 0.156. The fourth-order valence-corrected chi connectivity index (χ4v) is 4.52. The molecule has 0 amide bonds. The number of unbranched alkanes of at least 4 members (excludes halogenated alkanes) is 1. The molecular formula is C18H28N4O2S. The van der Waals surface area contributed by atoms with Crippen LogP contribution in [0.4, 0.5) is 0 Å². The standard InChI is InChI=1S/C18H28N4O2S/c1-4-6-10-22-16(13-19-18(22)25(23,24)5-2)14-21-12-11-20-9-7-8-17(20)15(21)3/h7-9,13,15H,4-6,10-12,14H2,1-3H3. The maximum atomic E-state index is 12.4. The van der Waals surface area contributed by atoms with E-state index in [9.17, 15) is 8.42 Å². The molecular weight excluding hydrogens is 336 g/mol. The minimum absolute atomic E-state index is 0.0865. The van der Waals surface area contributed by atoms with Gasteiger partial charge in [0.1, 0.15) is 0 Å². The van der Waals surface area contributed by atoms with Gasteiger partial charge >= 0.3 is 0 Å². The Hall–Kier alpha value is -1.60. The van der Waals surface area contributed by atoms with Crippen LogP contribution in [0.25, 0.3) is 0 Å². The minimum atomic E-state index is -3.30. The second-order valence-electron chi connectivity index (χ2n) is 6.71. The first-order chi connectivity index (χ1) is 12.0. The molecule has 0 aromatic carbocycles. The summed E-state index contributed by atoms with van der Waals surface area (Å²) in [6, 6.07) is 4.56. The molecule has 1 atom stereocenters. The summed E-state index contributed by atoms with van der Waals surface area (Å²) in [6.45, 7) is 9.36. The van der Waals surface area contributed by atoms with Crippen LogP contribution in [0.5, 0.6) is 0 Å². The van der Waals surface area contributed by atoms with Crippen LogP contribution in [0.2, 0.25) is 0 Å². The van der Waals surface area contributed by atoms with Gasteiger partial charge in [0.2, 0.25) is 15.0 Å². The van der Waals surface area contributed by atoms with E-state index < -0.39 is 9.84 Å². The van der Waals surface area contributed by atoms with E-state index in [-0.39, 0.29) is 10.9 Å². The van der Waals surface area contributed by atoms with E-state index >= 15 is 0 Å². The van der Waals surface area contributed by atoms with Crippen molar-refractivity contribution in [2.45, 2.75) is 64.4 Å². The molecule has 0 N–H and O–H groups in total. The molecule has 1 aliphatic rings. The number of sulfone groups is 1. The van der Waals surface area contributed by atoms with Gasteiger partial charge in [-0.05, 0) is 25.5 Å². The van der Waals surface area contributed by atoms with Gasteiger partial charge in [-0.25, -0.2) is 13.4 Å². The lowest BCUT2D eigenvalue weighted by atomic mass is 10.1. The molecule has 0 saturated carbocycles. The number of rotatable bonds is 7. The van der Waals surface area contributed by atoms with Gasteiger partial charge in [0, 0.05) is 44.1 Å². The fourth-order valence-electron chi connectivity index (χ4n) is 3.50. The van der Waals surface area contributed by atoms with Crippen LogP contribution >= 0.6 is 0 Å². The third-order valence-electron chi connectivity index (χ3n) is 5.13. The molecule has 0 fully saturated rings. The molecule has 0 spiro atoms. The van der Waals surface area contributed by atoms with Gasteiger partial charge < -0.3 is 9.13 Å². The molecule has 0 bridgehead atoms. The van der Waals surface area contributed by atoms with Gasteiger partial charge in [0.25, 0.3) is 0 Å². The van der Waals surface area contributed by atoms with Gasteiger partial charge in [0.05, 0.1) is 17.6 Å². The molecule has 0 saturated heterocycles. The predicted octanol–water partition coefficient (Wildman–Crippen LogP) is 2.86. The Balaban J connectivity index is 1.87. The third kappa shape index (κ3) is 3.53. The molecule has 1 aliphatic heterocycles. The molecule has 0 radical (unpaired) electrons. The molecule has 0 aliphatic carbocycles. The molecule has 3 rings (SSSR count). The summed E-state index contributed by atoms with van der Waals surface area (Å²) in [5, 5.41) is 0.228. The summed E-state index contributed by atoms with van der Waals surface area (Å²) in [5.74, 6) is 0.0865. The van der Waals surface area contributed by atoms with Crippen molar-refractivity contribution in [2.24, 2.45) is 0 Å². The van der Waals surface area contributed by atoms with E-state index in [1.807, 2.05) is 4.57 Å². The highest BCUT2D eigenvalue weighted by Crippen LogP contribution is 2.27. The van der Waals surface area contributed by atoms with Gasteiger partial charge in [-0.3, -0.25) is 4.90 Å². The van der Waals surface area contributed by atoms with Crippen LogP contribution in [0.15, 0.2) is 29.7 Å². The lowest BCUT2D eigenvalue weighted by Crippen LogP contribution is -2.36. The van der Waals surface area contributed by atoms with E-state index in [1.165, 1.54) is 5.69 Å². The first-order valence-corrected chi connectivity index (χ1v) is 10.8. The lowest BCUT2D eigenvalue weighted by Gasteiger charge is -2.35. The van der Waals surface area contributed by atoms with Gasteiger partial charge in [-0.15, -0.1) is 0 Å². The maximum Gasteiger partial charge on any atom is 0.227 e. The highest BCUT2D eigenvalue weighted by molar-refractivity contribution is 7.91. The maximum absolute atomic E-state index is 12.4. The summed E-state index contributed by atoms with van der Waals surface area (Å²) in [5.41, 5.74) is 2.31. The summed E-state index contributed by atoms with van der Waals surface area (Å²) in [4.78, 5) is 6.68. The molecule has 2 aromatic rings. The molecule has 7 heteroatoms. The number of aromatic nitrogens is 3. The van der Waals surface area contributed by atoms with Crippen molar-refractivity contribution >= 4 is 9.84 Å². The van der Waals surface area contributed by atoms with Crippen LogP contribution in [0.1, 0.15) is 51.0 Å². The van der Waals surface area contributed by atoms with Crippen molar-refractivity contribution < 1.29 is 8.42 Å². The number of fused-ring (bicyclic) bond motifs is 1. The van der Waals surface area contributed by atoms with Crippen molar-refractivity contribution in [3.63, 3.8) is 0 Å². The van der Waals surface area contributed by atoms with Crippen LogP contribution in [0, 0.1) is 0 Å². The molecule has 138 valence electrons. The topological polar surface area (TPSA) is 60.1 Å². The minimum Gasteiger partial charge on any atom is -0.349 e. The van der Waals surface area contributed by atoms with Crippen molar-refractivity contribution in [3.8, 4) is 0 Å². The zero-order valence-corrected chi connectivity index (χ0v) is 16.2. The molecule has 3 heterocycles. The van der Waals surface area contributed by atoms with Crippen molar-refractivity contribution in [1.82, 2.24) is 19.0 Å². The molecule has 2 aromatic heterocycles. The highest BCUT2D eigenvalue weighted by Gasteiger charge is 2.26. The van der Waals surface area contributed by atoms with E-state index in [0.29, 0.717) is 12.6 Å². The SMILES string of the molecule is CCCCn1c(CN2CCn3cccc3C2C)cnc1S(=O)(=O)CC. The Morgan fingerprint density at radius 1 is 1.28 bits per heavy atom. The van der Waals surface area contributed by atoms with Crippen molar-refractivity contribution in [1.29, 1.82) is 0 Å². The summed E-state index contributed by atoms with van der Waals surface area (Å²) in [7, 11) is -3.30. The first-order valence-electron chi connectivity index (χ1n) is 9.14. The van der Waals surface area contributed by atoms with E-state index in [2.05, 4.69) is 46.6 Å². The van der Waals surface area contributed by atoms with Gasteiger partial charge in [-0.2, -0.15) is 0 Å². The Morgan fingerprint density at radius 2 is 2.08 bits per heavy atom. The van der Waals surface area contributed by atoms with Crippen LogP contribution < -0.4 is 0 Å². The quantitative estimate of drug-likeness (QED) is 0.758. The average molecular weight is 365 g/mol. The molecule has 6 nitrogen and oxygen atoms in total. The van der Waals surface area contributed by atoms with Crippen LogP contribution in [0.3, 0.4) is 0 Å². The van der Waals surface area contributed by atoms with E-state index in [1.54, 1.807) is 13.1 Å². The monoisotopic (exact) mass is 364 g/mol.